The fraction of sp³-hybridized carbons (Fsp3) is 0.481. The lowest BCUT2D eigenvalue weighted by molar-refractivity contribution is -0.136. The van der Waals surface area contributed by atoms with Crippen molar-refractivity contribution in [1.29, 1.82) is 0 Å². The maximum absolute atomic E-state index is 13.3. The van der Waals surface area contributed by atoms with Crippen LogP contribution in [0.4, 0.5) is 28.8 Å². The molecule has 6 amide bonds. The molecular weight excluding hydrogens is 1050 g/mol. The Morgan fingerprint density at radius 1 is 0.821 bits per heavy atom. The number of benzene rings is 3. The maximum atomic E-state index is 13.3. The van der Waals surface area contributed by atoms with E-state index in [9.17, 15) is 37.2 Å². The van der Waals surface area contributed by atoms with Gasteiger partial charge >= 0.3 is 0 Å². The number of carbonyl (C=O) groups excluding carboxylic acids is 6. The number of ether oxygens (including phenoxy) is 4. The summed E-state index contributed by atoms with van der Waals surface area (Å²) >= 11 is 6.51. The molecule has 2 fully saturated rings. The Hall–Kier alpha value is -6.60. The van der Waals surface area contributed by atoms with E-state index in [1.54, 1.807) is 38.1 Å². The van der Waals surface area contributed by atoms with E-state index in [1.165, 1.54) is 30.0 Å². The fourth-order valence-electron chi connectivity index (χ4n) is 9.21. The molecule has 1 aromatic heterocycles. The molecule has 3 aromatic carbocycles. The molecular formula is C54H69ClN10O12S. The topological polar surface area (TPSA) is 278 Å². The number of para-hydroxylation sites is 1. The largest absolute Gasteiger partial charge is 0.489 e. The minimum absolute atomic E-state index is 0.0000472. The summed E-state index contributed by atoms with van der Waals surface area (Å²) in [7, 11) is -3.59. The molecule has 78 heavy (non-hydrogen) atoms. The van der Waals surface area contributed by atoms with E-state index < -0.39 is 50.7 Å². The minimum atomic E-state index is -3.59. The number of imide groups is 2. The van der Waals surface area contributed by atoms with Crippen LogP contribution in [-0.2, 0) is 43.2 Å². The first-order valence-electron chi connectivity index (χ1n) is 26.2. The van der Waals surface area contributed by atoms with Crippen LogP contribution in [-0.4, -0.2) is 160 Å². The molecule has 0 radical (unpaired) electrons. The van der Waals surface area contributed by atoms with Crippen LogP contribution in [0.1, 0.15) is 97.6 Å². The summed E-state index contributed by atoms with van der Waals surface area (Å²) in [6.45, 7) is 14.3. The fourth-order valence-corrected chi connectivity index (χ4v) is 10.5. The predicted molar refractivity (Wildman–Crippen MR) is 292 cm³/mol. The summed E-state index contributed by atoms with van der Waals surface area (Å²) in [6, 6.07) is 14.1. The van der Waals surface area contributed by atoms with Crippen molar-refractivity contribution in [3.8, 4) is 5.75 Å². The molecule has 7 rings (SSSR count). The number of piperidine rings is 2. The summed E-state index contributed by atoms with van der Waals surface area (Å²) in [5.74, 6) is -1.58. The van der Waals surface area contributed by atoms with Crippen LogP contribution in [0, 0.1) is 6.92 Å². The van der Waals surface area contributed by atoms with Gasteiger partial charge in [-0.2, -0.15) is 4.98 Å². The molecule has 22 nitrogen and oxygen atoms in total. The number of sulfone groups is 1. The number of aryl methyl sites for hydroxylation is 1. The number of hydrogen-bond donors (Lipinski definition) is 6. The third-order valence-electron chi connectivity index (χ3n) is 13.2. The zero-order valence-corrected chi connectivity index (χ0v) is 46.2. The Balaban J connectivity index is 0.730. The molecule has 0 spiro atoms. The first kappa shape index (κ1) is 59.1. The van der Waals surface area contributed by atoms with Crippen LogP contribution in [0.25, 0.3) is 0 Å². The van der Waals surface area contributed by atoms with Gasteiger partial charge < -0.3 is 50.4 Å². The second kappa shape index (κ2) is 27.8. The summed E-state index contributed by atoms with van der Waals surface area (Å²) in [6.07, 6.45) is 3.60. The summed E-state index contributed by atoms with van der Waals surface area (Å²) < 4.78 is 49.2. The average Bonchev–Trinajstić information content (AvgIpc) is 3.85. The number of fused-ring (bicyclic) bond motifs is 1. The van der Waals surface area contributed by atoms with Gasteiger partial charge in [-0.3, -0.25) is 39.0 Å². The van der Waals surface area contributed by atoms with E-state index in [0.29, 0.717) is 88.7 Å². The molecule has 0 bridgehead atoms. The smallest absolute Gasteiger partial charge is 0.264 e. The highest BCUT2D eigenvalue weighted by Crippen LogP contribution is 2.39. The van der Waals surface area contributed by atoms with E-state index in [0.717, 1.165) is 36.4 Å². The van der Waals surface area contributed by atoms with Crippen molar-refractivity contribution in [1.82, 2.24) is 35.7 Å². The molecule has 4 heterocycles. The van der Waals surface area contributed by atoms with Crippen molar-refractivity contribution in [3.05, 3.63) is 88.1 Å². The number of nitrogens with one attached hydrogen (secondary N) is 6. The highest BCUT2D eigenvalue weighted by molar-refractivity contribution is 7.92. The SMILES string of the molecule is Cc1cc(Nc2ncc(Cl)c(Nc3ccccc3S(=O)(=O)C(C)C)n2)c(OC(C)C)cc1C1CCN(CCC(=O)NCCOCCOCCOCCNCC(=O)Nc2cccc3c2C(=O)N(C2CCC(=O)NC2=O)C3=O)CC1. The minimum Gasteiger partial charge on any atom is -0.489 e. The van der Waals surface area contributed by atoms with Gasteiger partial charge in [0.25, 0.3) is 11.8 Å². The molecule has 3 aliphatic heterocycles. The molecule has 4 aromatic rings. The Labute approximate surface area is 459 Å². The van der Waals surface area contributed by atoms with Gasteiger partial charge in [-0.1, -0.05) is 29.8 Å². The van der Waals surface area contributed by atoms with Gasteiger partial charge in [0.2, 0.25) is 29.6 Å². The Kier molecular flexibility index (Phi) is 21.1. The number of aromatic nitrogens is 2. The summed E-state index contributed by atoms with van der Waals surface area (Å²) in [4.78, 5) is 88.0. The monoisotopic (exact) mass is 1120 g/mol. The molecule has 24 heteroatoms. The second-order valence-corrected chi connectivity index (χ2v) is 22.4. The third-order valence-corrected chi connectivity index (χ3v) is 15.7. The Morgan fingerprint density at radius 3 is 2.22 bits per heavy atom. The lowest BCUT2D eigenvalue weighted by Crippen LogP contribution is -2.54. The molecule has 3 aliphatic rings. The number of nitrogens with zero attached hydrogens (tertiary/aromatic N) is 4. The number of hydrogen-bond acceptors (Lipinski definition) is 18. The maximum Gasteiger partial charge on any atom is 0.264 e. The van der Waals surface area contributed by atoms with E-state index >= 15 is 0 Å². The zero-order valence-electron chi connectivity index (χ0n) is 44.6. The molecule has 1 unspecified atom stereocenters. The summed E-state index contributed by atoms with van der Waals surface area (Å²) in [5, 5.41) is 16.7. The van der Waals surface area contributed by atoms with Crippen molar-refractivity contribution in [3.63, 3.8) is 0 Å². The van der Waals surface area contributed by atoms with Gasteiger partial charge in [-0.15, -0.1) is 0 Å². The highest BCUT2D eigenvalue weighted by atomic mass is 35.5. The van der Waals surface area contributed by atoms with Crippen molar-refractivity contribution in [2.24, 2.45) is 0 Å². The van der Waals surface area contributed by atoms with E-state index in [1.807, 2.05) is 19.9 Å². The number of halogens is 1. The van der Waals surface area contributed by atoms with Gasteiger partial charge in [0.1, 0.15) is 16.8 Å². The molecule has 2 saturated heterocycles. The number of anilines is 5. The van der Waals surface area contributed by atoms with Gasteiger partial charge in [0.05, 0.1) is 96.8 Å². The molecule has 0 aliphatic carbocycles. The van der Waals surface area contributed by atoms with Crippen LogP contribution in [0.5, 0.6) is 5.75 Å². The first-order chi connectivity index (χ1) is 37.4. The number of rotatable bonds is 28. The van der Waals surface area contributed by atoms with Crippen LogP contribution in [0.3, 0.4) is 0 Å². The van der Waals surface area contributed by atoms with Gasteiger partial charge in [-0.25, -0.2) is 13.4 Å². The molecule has 1 atom stereocenters. The lowest BCUT2D eigenvalue weighted by Gasteiger charge is -2.33. The number of likely N-dealkylation sites (tertiary alicyclic amines) is 1. The van der Waals surface area contributed by atoms with Gasteiger partial charge in [0.15, 0.2) is 15.7 Å². The van der Waals surface area contributed by atoms with E-state index in [4.69, 9.17) is 30.5 Å². The van der Waals surface area contributed by atoms with E-state index in [-0.39, 0.29) is 69.9 Å². The predicted octanol–water partition coefficient (Wildman–Crippen LogP) is 5.26. The van der Waals surface area contributed by atoms with Crippen LogP contribution < -0.4 is 36.6 Å². The Bertz CT molecular complexity index is 2940. The number of carbonyl (C=O) groups is 6. The normalized spacial score (nSPS) is 16.2. The average molecular weight is 1120 g/mol. The van der Waals surface area contributed by atoms with Gasteiger partial charge in [-0.05, 0) is 120 Å². The van der Waals surface area contributed by atoms with Crippen molar-refractivity contribution in [2.75, 3.05) is 94.9 Å². The van der Waals surface area contributed by atoms with Crippen molar-refractivity contribution >= 4 is 85.7 Å². The highest BCUT2D eigenvalue weighted by Gasteiger charge is 2.46. The third kappa shape index (κ3) is 15.6. The molecule has 420 valence electrons. The standard InChI is InChI=1S/C54H69ClN10O12S/c1-33(2)77-44-30-38(35(5)29-42(44)61-54-58-31-39(55)50(63-54)60-40-10-6-7-12-45(40)78(72,73)34(3)4)36-15-20-64(21-16-36)22-17-46(66)57-19-24-75-26-28-76-27-25-74-23-18-56-32-48(68)59-41-11-8-9-37-49(41)53(71)65(52(37)70)43-13-14-47(67)62-51(43)69/h6-12,29-31,33-34,36,43,56H,13-28,32H2,1-5H3,(H,57,66)(H,59,68)(H,62,67,69)(H2,58,60,61,63). The van der Waals surface area contributed by atoms with Gasteiger partial charge in [0, 0.05) is 32.5 Å². The van der Waals surface area contributed by atoms with Crippen LogP contribution in [0.2, 0.25) is 5.02 Å². The Morgan fingerprint density at radius 2 is 1.51 bits per heavy atom. The lowest BCUT2D eigenvalue weighted by atomic mass is 9.86. The van der Waals surface area contributed by atoms with Crippen LogP contribution >= 0.6 is 11.6 Å². The number of amides is 6. The molecule has 0 saturated carbocycles. The quantitative estimate of drug-likeness (QED) is 0.0313. The van der Waals surface area contributed by atoms with Crippen molar-refractivity contribution < 1.29 is 56.1 Å². The van der Waals surface area contributed by atoms with Crippen LogP contribution in [0.15, 0.2) is 65.7 Å². The van der Waals surface area contributed by atoms with E-state index in [2.05, 4.69) is 59.8 Å². The zero-order chi connectivity index (χ0) is 55.9. The second-order valence-electron chi connectivity index (χ2n) is 19.6. The first-order valence-corrected chi connectivity index (χ1v) is 28.1. The molecule has 6 N–H and O–H groups in total. The summed E-state index contributed by atoms with van der Waals surface area (Å²) in [5.41, 5.74) is 3.54. The van der Waals surface area contributed by atoms with Crippen molar-refractivity contribution in [2.45, 2.75) is 94.9 Å².